The molecule has 0 saturated heterocycles. The minimum absolute atomic E-state index is 0.0557. The summed E-state index contributed by atoms with van der Waals surface area (Å²) in [5, 5.41) is 3.24. The van der Waals surface area contributed by atoms with Gasteiger partial charge in [-0.15, -0.1) is 0 Å². The number of hydrogen-bond donors (Lipinski definition) is 2. The van der Waals surface area contributed by atoms with Gasteiger partial charge >= 0.3 is 0 Å². The van der Waals surface area contributed by atoms with Crippen molar-refractivity contribution in [3.8, 4) is 0 Å². The van der Waals surface area contributed by atoms with E-state index in [4.69, 9.17) is 15.2 Å². The summed E-state index contributed by atoms with van der Waals surface area (Å²) in [5.74, 6) is -0.0557. The van der Waals surface area contributed by atoms with Crippen molar-refractivity contribution in [2.45, 2.75) is 6.42 Å². The Morgan fingerprint density at radius 1 is 1.29 bits per heavy atom. The molecule has 0 atom stereocenters. The molecule has 1 aromatic rings. The van der Waals surface area contributed by atoms with Crippen LogP contribution in [-0.2, 0) is 9.47 Å². The number of ether oxygens (including phenoxy) is 2. The summed E-state index contributed by atoms with van der Waals surface area (Å²) in [6.07, 6.45) is 0.877. The fraction of sp³-hybridized carbons (Fsp3) is 0.533. The van der Waals surface area contributed by atoms with Crippen molar-refractivity contribution in [1.29, 1.82) is 0 Å². The Morgan fingerprint density at radius 2 is 2.05 bits per heavy atom. The van der Waals surface area contributed by atoms with E-state index in [1.807, 2.05) is 6.07 Å². The fourth-order valence-corrected chi connectivity index (χ4v) is 1.76. The zero-order chi connectivity index (χ0) is 15.7. The highest BCUT2D eigenvalue weighted by atomic mass is 16.5. The van der Waals surface area contributed by atoms with Crippen LogP contribution in [-0.4, -0.2) is 58.4 Å². The first kappa shape index (κ1) is 17.3. The molecule has 6 nitrogen and oxygen atoms in total. The lowest BCUT2D eigenvalue weighted by atomic mass is 10.1. The molecule has 0 fully saturated rings. The van der Waals surface area contributed by atoms with Crippen LogP contribution in [0.3, 0.4) is 0 Å². The molecular weight excluding hydrogens is 270 g/mol. The van der Waals surface area contributed by atoms with E-state index in [1.165, 1.54) is 4.90 Å². The van der Waals surface area contributed by atoms with Gasteiger partial charge in [-0.1, -0.05) is 0 Å². The van der Waals surface area contributed by atoms with Crippen LogP contribution in [0.5, 0.6) is 0 Å². The highest BCUT2D eigenvalue weighted by Gasteiger charge is 2.09. The molecule has 1 amide bonds. The first-order valence-electron chi connectivity index (χ1n) is 6.98. The van der Waals surface area contributed by atoms with E-state index in [-0.39, 0.29) is 5.91 Å². The standard InChI is InChI=1S/C15H25N3O3/c1-18(2)15(19)12-5-6-14(13(16)11-12)17-7-4-8-21-10-9-20-3/h5-6,11,17H,4,7-10,16H2,1-3H3. The molecule has 0 aliphatic rings. The van der Waals surface area contributed by atoms with Crippen molar-refractivity contribution in [2.24, 2.45) is 0 Å². The molecule has 21 heavy (non-hydrogen) atoms. The summed E-state index contributed by atoms with van der Waals surface area (Å²) in [6, 6.07) is 5.30. The molecule has 0 unspecified atom stereocenters. The van der Waals surface area contributed by atoms with Crippen LogP contribution in [0.1, 0.15) is 16.8 Å². The highest BCUT2D eigenvalue weighted by Crippen LogP contribution is 2.20. The summed E-state index contributed by atoms with van der Waals surface area (Å²) < 4.78 is 10.3. The van der Waals surface area contributed by atoms with Crippen LogP contribution in [0.15, 0.2) is 18.2 Å². The van der Waals surface area contributed by atoms with E-state index >= 15 is 0 Å². The van der Waals surface area contributed by atoms with Gasteiger partial charge in [0.1, 0.15) is 0 Å². The molecule has 0 aliphatic heterocycles. The van der Waals surface area contributed by atoms with Gasteiger partial charge in [-0.3, -0.25) is 4.79 Å². The van der Waals surface area contributed by atoms with Gasteiger partial charge < -0.3 is 25.4 Å². The summed E-state index contributed by atoms with van der Waals surface area (Å²) in [4.78, 5) is 13.3. The maximum absolute atomic E-state index is 11.8. The molecule has 0 aliphatic carbocycles. The number of carbonyl (C=O) groups excluding carboxylic acids is 1. The maximum Gasteiger partial charge on any atom is 0.253 e. The Labute approximate surface area is 126 Å². The molecule has 1 aromatic carbocycles. The van der Waals surface area contributed by atoms with Gasteiger partial charge in [0, 0.05) is 39.9 Å². The summed E-state index contributed by atoms with van der Waals surface area (Å²) in [6.45, 7) is 2.66. The smallest absolute Gasteiger partial charge is 0.253 e. The Balaban J connectivity index is 2.38. The third kappa shape index (κ3) is 6.01. The predicted octanol–water partition coefficient (Wildman–Crippen LogP) is 1.44. The second-order valence-electron chi connectivity index (χ2n) is 4.89. The molecule has 0 spiro atoms. The first-order chi connectivity index (χ1) is 10.1. The average molecular weight is 295 g/mol. The monoisotopic (exact) mass is 295 g/mol. The number of anilines is 2. The molecule has 0 bridgehead atoms. The number of nitrogen functional groups attached to an aromatic ring is 1. The van der Waals surface area contributed by atoms with Crippen molar-refractivity contribution in [3.63, 3.8) is 0 Å². The highest BCUT2D eigenvalue weighted by molar-refractivity contribution is 5.95. The van der Waals surface area contributed by atoms with Gasteiger partial charge in [0.05, 0.1) is 24.6 Å². The number of nitrogens with zero attached hydrogens (tertiary/aromatic N) is 1. The number of amides is 1. The number of methoxy groups -OCH3 is 1. The Bertz CT molecular complexity index is 450. The van der Waals surface area contributed by atoms with Gasteiger partial charge in [-0.05, 0) is 24.6 Å². The SMILES string of the molecule is COCCOCCCNc1ccc(C(=O)N(C)C)cc1N. The second kappa shape index (κ2) is 9.20. The van der Waals surface area contributed by atoms with Gasteiger partial charge in [0.15, 0.2) is 0 Å². The summed E-state index contributed by atoms with van der Waals surface area (Å²) in [5.41, 5.74) is 7.96. The number of rotatable bonds is 9. The summed E-state index contributed by atoms with van der Waals surface area (Å²) >= 11 is 0. The number of carbonyl (C=O) groups is 1. The van der Waals surface area contributed by atoms with Gasteiger partial charge in [0.2, 0.25) is 0 Å². The number of benzene rings is 1. The lowest BCUT2D eigenvalue weighted by Crippen LogP contribution is -2.21. The van der Waals surface area contributed by atoms with E-state index in [2.05, 4.69) is 5.32 Å². The molecule has 3 N–H and O–H groups in total. The van der Waals surface area contributed by atoms with E-state index < -0.39 is 0 Å². The molecule has 0 heterocycles. The van der Waals surface area contributed by atoms with Crippen LogP contribution in [0, 0.1) is 0 Å². The maximum atomic E-state index is 11.8. The molecule has 0 radical (unpaired) electrons. The fourth-order valence-electron chi connectivity index (χ4n) is 1.76. The Kier molecular flexibility index (Phi) is 7.56. The predicted molar refractivity (Wildman–Crippen MR) is 84.7 cm³/mol. The van der Waals surface area contributed by atoms with Crippen LogP contribution < -0.4 is 11.1 Å². The number of hydrogen-bond acceptors (Lipinski definition) is 5. The van der Waals surface area contributed by atoms with Crippen molar-refractivity contribution in [2.75, 3.05) is 58.6 Å². The molecule has 0 saturated carbocycles. The van der Waals surface area contributed by atoms with E-state index in [1.54, 1.807) is 33.3 Å². The number of nitrogens with one attached hydrogen (secondary N) is 1. The van der Waals surface area contributed by atoms with Crippen LogP contribution >= 0.6 is 0 Å². The topological polar surface area (TPSA) is 76.8 Å². The normalized spacial score (nSPS) is 10.4. The zero-order valence-corrected chi connectivity index (χ0v) is 13.0. The van der Waals surface area contributed by atoms with Crippen LogP contribution in [0.2, 0.25) is 0 Å². The van der Waals surface area contributed by atoms with E-state index in [0.29, 0.717) is 31.1 Å². The minimum atomic E-state index is -0.0557. The van der Waals surface area contributed by atoms with Crippen LogP contribution in [0.25, 0.3) is 0 Å². The number of nitrogens with two attached hydrogens (primary N) is 1. The van der Waals surface area contributed by atoms with Gasteiger partial charge in [-0.25, -0.2) is 0 Å². The second-order valence-corrected chi connectivity index (χ2v) is 4.89. The van der Waals surface area contributed by atoms with Gasteiger partial charge in [0.25, 0.3) is 5.91 Å². The van der Waals surface area contributed by atoms with Crippen molar-refractivity contribution in [1.82, 2.24) is 4.90 Å². The average Bonchev–Trinajstić information content (AvgIpc) is 2.46. The van der Waals surface area contributed by atoms with Crippen LogP contribution in [0.4, 0.5) is 11.4 Å². The Morgan fingerprint density at radius 3 is 2.67 bits per heavy atom. The molecule has 1 rings (SSSR count). The van der Waals surface area contributed by atoms with E-state index in [0.717, 1.165) is 18.7 Å². The first-order valence-corrected chi connectivity index (χ1v) is 6.98. The molecular formula is C15H25N3O3. The lowest BCUT2D eigenvalue weighted by Gasteiger charge is -2.13. The zero-order valence-electron chi connectivity index (χ0n) is 13.0. The molecule has 6 heteroatoms. The third-order valence-corrected chi connectivity index (χ3v) is 2.92. The molecule has 0 aromatic heterocycles. The van der Waals surface area contributed by atoms with Gasteiger partial charge in [-0.2, -0.15) is 0 Å². The van der Waals surface area contributed by atoms with Crippen molar-refractivity contribution in [3.05, 3.63) is 23.8 Å². The lowest BCUT2D eigenvalue weighted by molar-refractivity contribution is 0.0705. The van der Waals surface area contributed by atoms with E-state index in [9.17, 15) is 4.79 Å². The quantitative estimate of drug-likeness (QED) is 0.532. The minimum Gasteiger partial charge on any atom is -0.397 e. The van der Waals surface area contributed by atoms with Crippen molar-refractivity contribution >= 4 is 17.3 Å². The van der Waals surface area contributed by atoms with Crippen molar-refractivity contribution < 1.29 is 14.3 Å². The largest absolute Gasteiger partial charge is 0.397 e. The summed E-state index contributed by atoms with van der Waals surface area (Å²) in [7, 11) is 5.08. The Hall–Kier alpha value is -1.79. The third-order valence-electron chi connectivity index (χ3n) is 2.92. The molecule has 118 valence electrons.